The van der Waals surface area contributed by atoms with Crippen molar-refractivity contribution < 1.29 is 0 Å². The molecule has 11 rings (SSSR count). The highest BCUT2D eigenvalue weighted by molar-refractivity contribution is 7.00. The molecule has 0 saturated heterocycles. The standard InChI is InChI=1S/C74H83BN2/c1-47(2)51-40-66-68-67(41-51)77(63-36-34-55(71(9,10)11)43-58(63)50-24-21-23-49(39-50)48-29-31-52(32-30-48)69(3,4)5)65-46-60-59(72(12,13)37-38-73(60,14)15)45-62(65)75(68)61-35-33-56(74(16,17)53-25-19-18-20-26-53)44-64(61)76(66)57-28-22-27-54(42-57)70(6,7)8/h18-36,39-47H,37-38H2,1-17H3. The Morgan fingerprint density at radius 3 is 1.58 bits per heavy atom. The molecule has 1 aliphatic carbocycles. The molecule has 0 spiro atoms. The van der Waals surface area contributed by atoms with Gasteiger partial charge in [0.2, 0.25) is 0 Å². The summed E-state index contributed by atoms with van der Waals surface area (Å²) in [5, 5.41) is 0. The van der Waals surface area contributed by atoms with Crippen LogP contribution in [0.3, 0.4) is 0 Å². The molecule has 0 atom stereocenters. The molecular formula is C74H83BN2. The lowest BCUT2D eigenvalue weighted by molar-refractivity contribution is 0.332. The van der Waals surface area contributed by atoms with Crippen molar-refractivity contribution in [2.75, 3.05) is 9.80 Å². The molecule has 8 aromatic carbocycles. The molecule has 3 heteroatoms. The number of anilines is 6. The summed E-state index contributed by atoms with van der Waals surface area (Å²) >= 11 is 0. The van der Waals surface area contributed by atoms with Gasteiger partial charge in [0.25, 0.3) is 6.71 Å². The highest BCUT2D eigenvalue weighted by Gasteiger charge is 2.47. The van der Waals surface area contributed by atoms with E-state index in [1.807, 2.05) is 0 Å². The topological polar surface area (TPSA) is 6.48 Å². The molecule has 0 N–H and O–H groups in total. The molecule has 2 heterocycles. The molecule has 0 saturated carbocycles. The number of nitrogens with zero attached hydrogens (tertiary/aromatic N) is 2. The maximum atomic E-state index is 2.72. The Labute approximate surface area is 464 Å². The van der Waals surface area contributed by atoms with Gasteiger partial charge in [0, 0.05) is 39.4 Å². The summed E-state index contributed by atoms with van der Waals surface area (Å²) in [6, 6.07) is 64.5. The van der Waals surface area contributed by atoms with Crippen molar-refractivity contribution in [2.45, 2.75) is 169 Å². The van der Waals surface area contributed by atoms with Gasteiger partial charge < -0.3 is 9.80 Å². The van der Waals surface area contributed by atoms with Crippen molar-refractivity contribution in [3.8, 4) is 22.3 Å². The van der Waals surface area contributed by atoms with E-state index in [4.69, 9.17) is 0 Å². The minimum atomic E-state index is -0.237. The van der Waals surface area contributed by atoms with E-state index in [1.165, 1.54) is 117 Å². The molecule has 0 fully saturated rings. The highest BCUT2D eigenvalue weighted by Crippen LogP contribution is 2.53. The number of rotatable bonds is 7. The fourth-order valence-electron chi connectivity index (χ4n) is 12.9. The van der Waals surface area contributed by atoms with E-state index in [2.05, 4.69) is 291 Å². The van der Waals surface area contributed by atoms with E-state index < -0.39 is 0 Å². The van der Waals surface area contributed by atoms with E-state index in [1.54, 1.807) is 0 Å². The second-order valence-electron chi connectivity index (χ2n) is 28.4. The van der Waals surface area contributed by atoms with Crippen molar-refractivity contribution in [1.82, 2.24) is 0 Å². The van der Waals surface area contributed by atoms with Gasteiger partial charge in [-0.3, -0.25) is 0 Å². The van der Waals surface area contributed by atoms with Gasteiger partial charge in [-0.1, -0.05) is 227 Å². The lowest BCUT2D eigenvalue weighted by Crippen LogP contribution is -2.62. The molecule has 2 nitrogen and oxygen atoms in total. The molecule has 0 amide bonds. The molecule has 0 aromatic heterocycles. The molecule has 8 aromatic rings. The predicted molar refractivity (Wildman–Crippen MR) is 335 cm³/mol. The Morgan fingerprint density at radius 2 is 0.948 bits per heavy atom. The first-order valence-corrected chi connectivity index (χ1v) is 28.8. The minimum absolute atomic E-state index is 0.00380. The average Bonchev–Trinajstić information content (AvgIpc) is 3.59. The molecule has 0 radical (unpaired) electrons. The van der Waals surface area contributed by atoms with Gasteiger partial charge in [0.05, 0.1) is 5.69 Å². The second kappa shape index (κ2) is 18.3. The molecule has 3 aliphatic rings. The molecule has 0 bridgehead atoms. The van der Waals surface area contributed by atoms with Crippen molar-refractivity contribution in [3.63, 3.8) is 0 Å². The van der Waals surface area contributed by atoms with E-state index in [9.17, 15) is 0 Å². The van der Waals surface area contributed by atoms with Crippen LogP contribution in [0.25, 0.3) is 22.3 Å². The van der Waals surface area contributed by atoms with Gasteiger partial charge in [-0.15, -0.1) is 0 Å². The summed E-state index contributed by atoms with van der Waals surface area (Å²) in [6.45, 7) is 40.4. The van der Waals surface area contributed by atoms with Crippen LogP contribution in [-0.4, -0.2) is 6.71 Å². The zero-order valence-corrected chi connectivity index (χ0v) is 49.6. The van der Waals surface area contributed by atoms with Crippen LogP contribution in [0.2, 0.25) is 0 Å². The Balaban J connectivity index is 1.25. The summed E-state index contributed by atoms with van der Waals surface area (Å²) in [4.78, 5) is 5.38. The van der Waals surface area contributed by atoms with E-state index >= 15 is 0 Å². The summed E-state index contributed by atoms with van der Waals surface area (Å²) in [7, 11) is 0. The van der Waals surface area contributed by atoms with Crippen LogP contribution in [0.4, 0.5) is 34.1 Å². The van der Waals surface area contributed by atoms with Crippen LogP contribution in [0.1, 0.15) is 181 Å². The molecule has 2 aliphatic heterocycles. The van der Waals surface area contributed by atoms with Crippen LogP contribution in [0, 0.1) is 0 Å². The van der Waals surface area contributed by atoms with E-state index in [0.717, 1.165) is 12.8 Å². The SMILES string of the molecule is CC(C)c1cc2c3c(c1)N(c1ccc(C(C)(C)C)cc1-c1cccc(-c4ccc(C(C)(C)C)cc4)c1)c1cc4c(cc1B3c1ccc(C(C)(C)c3ccccc3)cc1N2c1cccc(C(C)(C)C)c1)C(C)(C)CCC4(C)C. The fourth-order valence-corrected chi connectivity index (χ4v) is 12.9. The molecule has 392 valence electrons. The number of benzene rings is 8. The van der Waals surface area contributed by atoms with E-state index in [0.29, 0.717) is 0 Å². The zero-order valence-electron chi connectivity index (χ0n) is 49.6. The van der Waals surface area contributed by atoms with Gasteiger partial charge in [-0.05, 0) is 178 Å². The first-order chi connectivity index (χ1) is 36.1. The number of fused-ring (bicyclic) bond motifs is 5. The quantitative estimate of drug-likeness (QED) is 0.147. The molecular weight excluding hydrogens is 928 g/mol. The molecule has 77 heavy (non-hydrogen) atoms. The monoisotopic (exact) mass is 1010 g/mol. The molecule has 0 unspecified atom stereocenters. The van der Waals surface area contributed by atoms with Gasteiger partial charge in [0.15, 0.2) is 0 Å². The third-order valence-corrected chi connectivity index (χ3v) is 18.3. The van der Waals surface area contributed by atoms with Crippen LogP contribution in [0.5, 0.6) is 0 Å². The Bertz CT molecular complexity index is 3590. The van der Waals surface area contributed by atoms with E-state index in [-0.39, 0.29) is 45.1 Å². The number of hydrogen-bond donors (Lipinski definition) is 0. The zero-order chi connectivity index (χ0) is 54.9. The first-order valence-electron chi connectivity index (χ1n) is 28.8. The summed E-state index contributed by atoms with van der Waals surface area (Å²) in [6.07, 6.45) is 2.30. The van der Waals surface area contributed by atoms with Crippen LogP contribution >= 0.6 is 0 Å². The van der Waals surface area contributed by atoms with Crippen molar-refractivity contribution in [3.05, 3.63) is 208 Å². The number of hydrogen-bond acceptors (Lipinski definition) is 2. The smallest absolute Gasteiger partial charge is 0.252 e. The van der Waals surface area contributed by atoms with Gasteiger partial charge in [0.1, 0.15) is 0 Å². The van der Waals surface area contributed by atoms with Crippen LogP contribution in [-0.2, 0) is 32.5 Å². The average molecular weight is 1010 g/mol. The van der Waals surface area contributed by atoms with Gasteiger partial charge >= 0.3 is 0 Å². The second-order valence-corrected chi connectivity index (χ2v) is 28.4. The van der Waals surface area contributed by atoms with Crippen LogP contribution in [0.15, 0.2) is 164 Å². The van der Waals surface area contributed by atoms with Gasteiger partial charge in [-0.2, -0.15) is 0 Å². The maximum Gasteiger partial charge on any atom is 0.252 e. The fraction of sp³-hybridized carbons (Fsp3) is 0.351. The maximum absolute atomic E-state index is 2.72. The lowest BCUT2D eigenvalue weighted by atomic mass is 9.33. The Kier molecular flexibility index (Phi) is 12.4. The van der Waals surface area contributed by atoms with Crippen molar-refractivity contribution in [2.24, 2.45) is 0 Å². The summed E-state index contributed by atoms with van der Waals surface area (Å²) < 4.78 is 0. The lowest BCUT2D eigenvalue weighted by Gasteiger charge is -2.48. The Morgan fingerprint density at radius 1 is 0.403 bits per heavy atom. The third kappa shape index (κ3) is 9.08. The summed E-state index contributed by atoms with van der Waals surface area (Å²) in [5.74, 6) is 0.276. The van der Waals surface area contributed by atoms with Crippen molar-refractivity contribution in [1.29, 1.82) is 0 Å². The van der Waals surface area contributed by atoms with Crippen LogP contribution < -0.4 is 26.2 Å². The van der Waals surface area contributed by atoms with Gasteiger partial charge in [-0.25, -0.2) is 0 Å². The predicted octanol–water partition coefficient (Wildman–Crippen LogP) is 18.8. The summed E-state index contributed by atoms with van der Waals surface area (Å²) in [5.41, 5.74) is 27.2. The highest BCUT2D eigenvalue weighted by atomic mass is 15.2. The minimum Gasteiger partial charge on any atom is -0.311 e. The normalized spacial score (nSPS) is 15.7. The Hall–Kier alpha value is -6.58. The van der Waals surface area contributed by atoms with Crippen molar-refractivity contribution >= 4 is 57.2 Å². The third-order valence-electron chi connectivity index (χ3n) is 18.3. The largest absolute Gasteiger partial charge is 0.311 e. The first kappa shape index (κ1) is 52.5.